The van der Waals surface area contributed by atoms with Crippen LogP contribution in [0.5, 0.6) is 11.5 Å². The first-order valence-electron chi connectivity index (χ1n) is 9.07. The molecule has 0 fully saturated rings. The Morgan fingerprint density at radius 3 is 2.39 bits per heavy atom. The number of amides is 1. The maximum atomic E-state index is 12.6. The average molecular weight is 380 g/mol. The molecule has 0 aliphatic carbocycles. The Balaban J connectivity index is 1.78. The van der Waals surface area contributed by atoms with Crippen LogP contribution in [0.2, 0.25) is 0 Å². The summed E-state index contributed by atoms with van der Waals surface area (Å²) >= 11 is 0. The van der Waals surface area contributed by atoms with Crippen molar-refractivity contribution < 1.29 is 14.3 Å². The molecule has 0 atom stereocenters. The van der Waals surface area contributed by atoms with E-state index in [1.54, 1.807) is 18.2 Å². The van der Waals surface area contributed by atoms with Gasteiger partial charge in [-0.05, 0) is 55.7 Å². The van der Waals surface area contributed by atoms with Crippen molar-refractivity contribution in [1.29, 1.82) is 0 Å². The van der Waals surface area contributed by atoms with Crippen LogP contribution in [0.25, 0.3) is 10.9 Å². The summed E-state index contributed by atoms with van der Waals surface area (Å²) < 4.78 is 10.5. The zero-order chi connectivity index (χ0) is 20.3. The van der Waals surface area contributed by atoms with Crippen LogP contribution in [-0.2, 0) is 6.42 Å². The Morgan fingerprint density at radius 2 is 1.75 bits per heavy atom. The molecule has 0 spiro atoms. The Kier molecular flexibility index (Phi) is 5.68. The molecule has 0 unspecified atom stereocenters. The highest BCUT2D eigenvalue weighted by Gasteiger charge is 2.18. The van der Waals surface area contributed by atoms with Crippen LogP contribution < -0.4 is 20.3 Å². The summed E-state index contributed by atoms with van der Waals surface area (Å²) in [6.45, 7) is 4.34. The molecule has 0 aliphatic heterocycles. The van der Waals surface area contributed by atoms with Gasteiger partial charge in [0.2, 0.25) is 0 Å². The van der Waals surface area contributed by atoms with Crippen molar-refractivity contribution in [3.05, 3.63) is 69.0 Å². The Morgan fingerprint density at radius 1 is 1.07 bits per heavy atom. The minimum atomic E-state index is -0.307. The lowest BCUT2D eigenvalue weighted by Gasteiger charge is -2.13. The van der Waals surface area contributed by atoms with Crippen LogP contribution in [0.3, 0.4) is 0 Å². The van der Waals surface area contributed by atoms with Gasteiger partial charge in [-0.15, -0.1) is 0 Å². The van der Waals surface area contributed by atoms with E-state index in [0.717, 1.165) is 22.0 Å². The fraction of sp³-hybridized carbons (Fsp3) is 0.273. The van der Waals surface area contributed by atoms with E-state index in [1.807, 2.05) is 26.0 Å². The van der Waals surface area contributed by atoms with Gasteiger partial charge in [-0.1, -0.05) is 12.1 Å². The number of hydrogen-bond donors (Lipinski definition) is 2. The fourth-order valence-electron chi connectivity index (χ4n) is 3.38. The second kappa shape index (κ2) is 8.17. The predicted molar refractivity (Wildman–Crippen MR) is 110 cm³/mol. The summed E-state index contributed by atoms with van der Waals surface area (Å²) in [5.41, 5.74) is 3.87. The summed E-state index contributed by atoms with van der Waals surface area (Å²) in [5.74, 6) is 0.566. The molecule has 2 aromatic carbocycles. The van der Waals surface area contributed by atoms with Crippen LogP contribution in [0.4, 0.5) is 0 Å². The molecule has 6 heteroatoms. The van der Waals surface area contributed by atoms with Gasteiger partial charge in [-0.2, -0.15) is 0 Å². The van der Waals surface area contributed by atoms with Gasteiger partial charge in [-0.3, -0.25) is 9.59 Å². The quantitative estimate of drug-likeness (QED) is 0.688. The van der Waals surface area contributed by atoms with Crippen molar-refractivity contribution in [2.24, 2.45) is 0 Å². The summed E-state index contributed by atoms with van der Waals surface area (Å²) in [6, 6.07) is 11.1. The third kappa shape index (κ3) is 3.86. The van der Waals surface area contributed by atoms with Gasteiger partial charge < -0.3 is 19.8 Å². The molecule has 3 rings (SSSR count). The average Bonchev–Trinajstić information content (AvgIpc) is 2.67. The van der Waals surface area contributed by atoms with E-state index in [0.29, 0.717) is 35.6 Å². The molecule has 6 nitrogen and oxygen atoms in total. The van der Waals surface area contributed by atoms with Crippen LogP contribution in [-0.4, -0.2) is 31.7 Å². The first kappa shape index (κ1) is 19.5. The van der Waals surface area contributed by atoms with Crippen LogP contribution in [0.15, 0.2) is 41.2 Å². The molecular formula is C22H24N2O4. The summed E-state index contributed by atoms with van der Waals surface area (Å²) in [4.78, 5) is 28.0. The van der Waals surface area contributed by atoms with Crippen LogP contribution in [0, 0.1) is 13.8 Å². The Bertz CT molecular complexity index is 1060. The van der Waals surface area contributed by atoms with Gasteiger partial charge in [0, 0.05) is 23.0 Å². The van der Waals surface area contributed by atoms with E-state index in [1.165, 1.54) is 14.2 Å². The molecule has 1 amide bonds. The van der Waals surface area contributed by atoms with Gasteiger partial charge in [0.05, 0.1) is 14.2 Å². The number of ether oxygens (including phenoxy) is 2. The molecule has 146 valence electrons. The topological polar surface area (TPSA) is 80.4 Å². The number of aromatic nitrogens is 1. The highest BCUT2D eigenvalue weighted by molar-refractivity contribution is 5.99. The second-order valence-corrected chi connectivity index (χ2v) is 6.71. The minimum absolute atomic E-state index is 0.137. The number of aromatic amines is 1. The zero-order valence-corrected chi connectivity index (χ0v) is 16.5. The largest absolute Gasteiger partial charge is 0.496 e. The molecule has 0 saturated heterocycles. The first-order valence-corrected chi connectivity index (χ1v) is 9.07. The molecular weight excluding hydrogens is 356 g/mol. The molecule has 0 bridgehead atoms. The highest BCUT2D eigenvalue weighted by Crippen LogP contribution is 2.28. The molecule has 3 aromatic rings. The molecule has 2 N–H and O–H groups in total. The molecule has 0 saturated carbocycles. The van der Waals surface area contributed by atoms with Crippen LogP contribution >= 0.6 is 0 Å². The van der Waals surface area contributed by atoms with E-state index in [9.17, 15) is 9.59 Å². The number of pyridine rings is 1. The lowest BCUT2D eigenvalue weighted by molar-refractivity contribution is 0.0948. The van der Waals surface area contributed by atoms with Crippen molar-refractivity contribution in [3.63, 3.8) is 0 Å². The smallest absolute Gasteiger partial charge is 0.258 e. The number of rotatable bonds is 6. The number of methoxy groups -OCH3 is 2. The van der Waals surface area contributed by atoms with Crippen molar-refractivity contribution in [1.82, 2.24) is 10.3 Å². The normalized spacial score (nSPS) is 10.7. The van der Waals surface area contributed by atoms with Crippen LogP contribution in [0.1, 0.15) is 27.0 Å². The number of aryl methyl sites for hydroxylation is 2. The summed E-state index contributed by atoms with van der Waals surface area (Å²) in [5, 5.41) is 3.86. The number of benzene rings is 2. The highest BCUT2D eigenvalue weighted by atomic mass is 16.5. The third-order valence-corrected chi connectivity index (χ3v) is 4.72. The molecule has 1 heterocycles. The van der Waals surface area contributed by atoms with Crippen molar-refractivity contribution in [3.8, 4) is 11.5 Å². The number of carbonyl (C=O) groups is 1. The standard InChI is InChI=1S/C22H24N2O4/c1-13-10-14(2)16-12-15(21(25)24-17(16)11-13)8-9-23-22(26)20-18(27-3)6-5-7-19(20)28-4/h5-7,10-12H,8-9H2,1-4H3,(H,23,26)(H,24,25). The van der Waals surface area contributed by atoms with Gasteiger partial charge in [0.15, 0.2) is 0 Å². The monoisotopic (exact) mass is 380 g/mol. The number of hydrogen-bond acceptors (Lipinski definition) is 4. The Hall–Kier alpha value is -3.28. The van der Waals surface area contributed by atoms with E-state index >= 15 is 0 Å². The summed E-state index contributed by atoms with van der Waals surface area (Å²) in [6.07, 6.45) is 0.418. The van der Waals surface area contributed by atoms with E-state index < -0.39 is 0 Å². The summed E-state index contributed by atoms with van der Waals surface area (Å²) in [7, 11) is 3.01. The molecule has 1 aromatic heterocycles. The molecule has 0 aliphatic rings. The fourth-order valence-corrected chi connectivity index (χ4v) is 3.38. The van der Waals surface area contributed by atoms with E-state index in [-0.39, 0.29) is 11.5 Å². The second-order valence-electron chi connectivity index (χ2n) is 6.71. The van der Waals surface area contributed by atoms with Crippen molar-refractivity contribution in [2.45, 2.75) is 20.3 Å². The van der Waals surface area contributed by atoms with E-state index in [4.69, 9.17) is 9.47 Å². The number of carbonyl (C=O) groups excluding carboxylic acids is 1. The maximum Gasteiger partial charge on any atom is 0.258 e. The van der Waals surface area contributed by atoms with Gasteiger partial charge in [0.25, 0.3) is 11.5 Å². The number of fused-ring (bicyclic) bond motifs is 1. The van der Waals surface area contributed by atoms with Crippen molar-refractivity contribution >= 4 is 16.8 Å². The Labute approximate surface area is 163 Å². The zero-order valence-electron chi connectivity index (χ0n) is 16.5. The lowest BCUT2D eigenvalue weighted by Crippen LogP contribution is -2.28. The molecule has 0 radical (unpaired) electrons. The molecule has 28 heavy (non-hydrogen) atoms. The maximum absolute atomic E-state index is 12.6. The minimum Gasteiger partial charge on any atom is -0.496 e. The van der Waals surface area contributed by atoms with E-state index in [2.05, 4.69) is 16.4 Å². The van der Waals surface area contributed by atoms with Crippen molar-refractivity contribution in [2.75, 3.05) is 20.8 Å². The SMILES string of the molecule is COc1cccc(OC)c1C(=O)NCCc1cc2c(C)cc(C)cc2[nH]c1=O. The van der Waals surface area contributed by atoms with Gasteiger partial charge >= 0.3 is 0 Å². The number of H-pyrrole nitrogens is 1. The van der Waals surface area contributed by atoms with Gasteiger partial charge in [-0.25, -0.2) is 0 Å². The first-order chi connectivity index (χ1) is 13.4. The lowest BCUT2D eigenvalue weighted by atomic mass is 10.0. The predicted octanol–water partition coefficient (Wildman–Crippen LogP) is 3.13. The third-order valence-electron chi connectivity index (χ3n) is 4.72. The number of nitrogens with one attached hydrogen (secondary N) is 2. The van der Waals surface area contributed by atoms with Gasteiger partial charge in [0.1, 0.15) is 17.1 Å².